The Bertz CT molecular complexity index is 386. The molecule has 0 aromatic carbocycles. The lowest BCUT2D eigenvalue weighted by atomic mass is 9.85. The van der Waals surface area contributed by atoms with Gasteiger partial charge in [0.25, 0.3) is 0 Å². The second-order valence-electron chi connectivity index (χ2n) is 3.88. The van der Waals surface area contributed by atoms with Crippen LogP contribution in [0.3, 0.4) is 0 Å². The molecule has 1 aromatic rings. The lowest BCUT2D eigenvalue weighted by Gasteiger charge is -2.24. The summed E-state index contributed by atoms with van der Waals surface area (Å²) in [5.41, 5.74) is 0.889. The molecule has 0 spiro atoms. The molecule has 15 heavy (non-hydrogen) atoms. The van der Waals surface area contributed by atoms with Gasteiger partial charge in [-0.25, -0.2) is 14.8 Å². The van der Waals surface area contributed by atoms with E-state index in [4.69, 9.17) is 5.11 Å². The monoisotopic (exact) mass is 206 g/mol. The molecule has 1 fully saturated rings. The second kappa shape index (κ2) is 3.96. The van der Waals surface area contributed by atoms with Crippen molar-refractivity contribution in [3.05, 3.63) is 23.3 Å². The van der Waals surface area contributed by atoms with Crippen molar-refractivity contribution in [2.24, 2.45) is 0 Å². The third kappa shape index (κ3) is 1.84. The molecule has 1 aliphatic carbocycles. The van der Waals surface area contributed by atoms with E-state index >= 15 is 0 Å². The molecule has 1 heterocycles. The Morgan fingerprint density at radius 3 is 2.80 bits per heavy atom. The van der Waals surface area contributed by atoms with E-state index in [1.807, 2.05) is 6.92 Å². The van der Waals surface area contributed by atoms with E-state index in [0.717, 1.165) is 18.7 Å². The Labute approximate surface area is 88.4 Å². The standard InChI is InChI=1S/C11H14N2O2/c1-2-9-8(11(14)15)6-12-10(13-9)7-4-3-5-7/h6-7H,2-5H2,1H3,(H,14,15). The van der Waals surface area contributed by atoms with Gasteiger partial charge < -0.3 is 5.11 Å². The van der Waals surface area contributed by atoms with E-state index in [2.05, 4.69) is 9.97 Å². The minimum Gasteiger partial charge on any atom is -0.478 e. The van der Waals surface area contributed by atoms with E-state index in [0.29, 0.717) is 18.0 Å². The van der Waals surface area contributed by atoms with E-state index in [9.17, 15) is 4.79 Å². The quantitative estimate of drug-likeness (QED) is 0.821. The maximum absolute atomic E-state index is 10.9. The number of carboxylic acids is 1. The highest BCUT2D eigenvalue weighted by Gasteiger charge is 2.23. The maximum Gasteiger partial charge on any atom is 0.339 e. The average molecular weight is 206 g/mol. The smallest absolute Gasteiger partial charge is 0.339 e. The normalized spacial score (nSPS) is 16.1. The molecule has 0 atom stereocenters. The second-order valence-corrected chi connectivity index (χ2v) is 3.88. The highest BCUT2D eigenvalue weighted by Crippen LogP contribution is 2.34. The van der Waals surface area contributed by atoms with Gasteiger partial charge in [0, 0.05) is 12.1 Å². The predicted octanol–water partition coefficient (Wildman–Crippen LogP) is 2.00. The van der Waals surface area contributed by atoms with Gasteiger partial charge in [0.1, 0.15) is 5.82 Å². The summed E-state index contributed by atoms with van der Waals surface area (Å²) in [7, 11) is 0. The number of carboxylic acid groups (broad SMARTS) is 1. The fourth-order valence-corrected chi connectivity index (χ4v) is 1.74. The maximum atomic E-state index is 10.9. The van der Waals surface area contributed by atoms with Gasteiger partial charge in [-0.05, 0) is 19.3 Å². The molecule has 0 amide bonds. The average Bonchev–Trinajstić information content (AvgIpc) is 2.14. The molecular formula is C11H14N2O2. The first-order chi connectivity index (χ1) is 7.22. The molecule has 2 rings (SSSR count). The van der Waals surface area contributed by atoms with Gasteiger partial charge >= 0.3 is 5.97 Å². The van der Waals surface area contributed by atoms with E-state index < -0.39 is 5.97 Å². The summed E-state index contributed by atoms with van der Waals surface area (Å²) in [6, 6.07) is 0. The Morgan fingerprint density at radius 1 is 1.60 bits per heavy atom. The summed E-state index contributed by atoms with van der Waals surface area (Å²) >= 11 is 0. The first-order valence-electron chi connectivity index (χ1n) is 5.31. The fraction of sp³-hybridized carbons (Fsp3) is 0.545. The van der Waals surface area contributed by atoms with Crippen molar-refractivity contribution < 1.29 is 9.90 Å². The number of aryl methyl sites for hydroxylation is 1. The molecule has 1 aromatic heterocycles. The Balaban J connectivity index is 2.33. The van der Waals surface area contributed by atoms with E-state index in [1.54, 1.807) is 0 Å². The summed E-state index contributed by atoms with van der Waals surface area (Å²) in [5.74, 6) is 0.341. The molecule has 0 unspecified atom stereocenters. The zero-order valence-electron chi connectivity index (χ0n) is 8.73. The molecular weight excluding hydrogens is 192 g/mol. The molecule has 1 N–H and O–H groups in total. The zero-order valence-corrected chi connectivity index (χ0v) is 8.73. The third-order valence-corrected chi connectivity index (χ3v) is 2.92. The summed E-state index contributed by atoms with van der Waals surface area (Å²) in [4.78, 5) is 19.3. The van der Waals surface area contributed by atoms with Gasteiger partial charge in [-0.3, -0.25) is 0 Å². The molecule has 4 nitrogen and oxygen atoms in total. The molecule has 4 heteroatoms. The number of carbonyl (C=O) groups is 1. The summed E-state index contributed by atoms with van der Waals surface area (Å²) in [5, 5.41) is 8.92. The van der Waals surface area contributed by atoms with Crippen molar-refractivity contribution in [3.8, 4) is 0 Å². The lowest BCUT2D eigenvalue weighted by Crippen LogP contribution is -2.15. The summed E-state index contributed by atoms with van der Waals surface area (Å²) < 4.78 is 0. The van der Waals surface area contributed by atoms with Crippen LogP contribution < -0.4 is 0 Å². The topological polar surface area (TPSA) is 63.1 Å². The highest BCUT2D eigenvalue weighted by atomic mass is 16.4. The Hall–Kier alpha value is -1.45. The SMILES string of the molecule is CCc1nc(C2CCC2)ncc1C(=O)O. The van der Waals surface area contributed by atoms with Crippen LogP contribution in [0.2, 0.25) is 0 Å². The van der Waals surface area contributed by atoms with Gasteiger partial charge in [0.2, 0.25) is 0 Å². The van der Waals surface area contributed by atoms with Crippen LogP contribution >= 0.6 is 0 Å². The summed E-state index contributed by atoms with van der Waals surface area (Å²) in [6.07, 6.45) is 5.59. The molecule has 1 saturated carbocycles. The van der Waals surface area contributed by atoms with Gasteiger partial charge in [0.15, 0.2) is 0 Å². The minimum absolute atomic E-state index is 0.237. The highest BCUT2D eigenvalue weighted by molar-refractivity contribution is 5.88. The molecule has 0 saturated heterocycles. The lowest BCUT2D eigenvalue weighted by molar-refractivity contribution is 0.0694. The number of rotatable bonds is 3. The van der Waals surface area contributed by atoms with Crippen LogP contribution in [0.15, 0.2) is 6.20 Å². The fourth-order valence-electron chi connectivity index (χ4n) is 1.74. The van der Waals surface area contributed by atoms with E-state index in [1.165, 1.54) is 12.6 Å². The number of hydrogen-bond acceptors (Lipinski definition) is 3. The van der Waals surface area contributed by atoms with Crippen molar-refractivity contribution in [3.63, 3.8) is 0 Å². The van der Waals surface area contributed by atoms with Crippen molar-refractivity contribution >= 4 is 5.97 Å². The van der Waals surface area contributed by atoms with Gasteiger partial charge in [-0.15, -0.1) is 0 Å². The van der Waals surface area contributed by atoms with Gasteiger partial charge in [-0.1, -0.05) is 13.3 Å². The van der Waals surface area contributed by atoms with E-state index in [-0.39, 0.29) is 5.56 Å². The number of aromatic carboxylic acids is 1. The van der Waals surface area contributed by atoms with Crippen LogP contribution in [-0.4, -0.2) is 21.0 Å². The first kappa shape index (κ1) is 10.1. The van der Waals surface area contributed by atoms with Gasteiger partial charge in [0.05, 0.1) is 11.3 Å². The van der Waals surface area contributed by atoms with Crippen molar-refractivity contribution in [1.82, 2.24) is 9.97 Å². The Morgan fingerprint density at radius 2 is 2.33 bits per heavy atom. The predicted molar refractivity (Wildman–Crippen MR) is 55.0 cm³/mol. The van der Waals surface area contributed by atoms with Crippen LogP contribution in [0.5, 0.6) is 0 Å². The van der Waals surface area contributed by atoms with Crippen LogP contribution in [-0.2, 0) is 6.42 Å². The van der Waals surface area contributed by atoms with Crippen molar-refractivity contribution in [2.45, 2.75) is 38.5 Å². The number of aromatic nitrogens is 2. The zero-order chi connectivity index (χ0) is 10.8. The van der Waals surface area contributed by atoms with Crippen molar-refractivity contribution in [1.29, 1.82) is 0 Å². The first-order valence-corrected chi connectivity index (χ1v) is 5.31. The van der Waals surface area contributed by atoms with Crippen LogP contribution in [0, 0.1) is 0 Å². The third-order valence-electron chi connectivity index (χ3n) is 2.92. The Kier molecular flexibility index (Phi) is 2.66. The number of nitrogens with zero attached hydrogens (tertiary/aromatic N) is 2. The molecule has 0 aliphatic heterocycles. The van der Waals surface area contributed by atoms with Crippen LogP contribution in [0.4, 0.5) is 0 Å². The van der Waals surface area contributed by atoms with Crippen LogP contribution in [0.25, 0.3) is 0 Å². The number of hydrogen-bond donors (Lipinski definition) is 1. The molecule has 0 radical (unpaired) electrons. The minimum atomic E-state index is -0.938. The summed E-state index contributed by atoms with van der Waals surface area (Å²) in [6.45, 7) is 1.92. The molecule has 1 aliphatic rings. The van der Waals surface area contributed by atoms with Gasteiger partial charge in [-0.2, -0.15) is 0 Å². The largest absolute Gasteiger partial charge is 0.478 e. The molecule has 0 bridgehead atoms. The van der Waals surface area contributed by atoms with Crippen LogP contribution in [0.1, 0.15) is 54.0 Å². The molecule has 80 valence electrons. The van der Waals surface area contributed by atoms with Crippen molar-refractivity contribution in [2.75, 3.05) is 0 Å².